The summed E-state index contributed by atoms with van der Waals surface area (Å²) in [7, 11) is 3.19. The summed E-state index contributed by atoms with van der Waals surface area (Å²) in [6, 6.07) is 8.93. The quantitative estimate of drug-likeness (QED) is 0.343. The Labute approximate surface area is 234 Å². The Kier molecular flexibility index (Phi) is 7.49. The summed E-state index contributed by atoms with van der Waals surface area (Å²) in [5.74, 6) is -0.979. The molecule has 5 rings (SSSR count). The highest BCUT2D eigenvalue weighted by Gasteiger charge is 2.41. The number of hydrogen-bond acceptors (Lipinski definition) is 7. The smallest absolute Gasteiger partial charge is 0.391 e. The van der Waals surface area contributed by atoms with Crippen LogP contribution in [0.1, 0.15) is 46.6 Å². The fraction of sp³-hybridized carbons (Fsp3) is 0.429. The number of benzene rings is 1. The number of aliphatic hydroxyl groups is 1. The minimum absolute atomic E-state index is 0.0329. The van der Waals surface area contributed by atoms with Gasteiger partial charge < -0.3 is 9.84 Å². The van der Waals surface area contributed by atoms with Crippen LogP contribution in [-0.4, -0.2) is 61.3 Å². The first kappa shape index (κ1) is 28.3. The molecule has 0 amide bonds. The van der Waals surface area contributed by atoms with E-state index in [-0.39, 0.29) is 25.9 Å². The van der Waals surface area contributed by atoms with Crippen LogP contribution in [0, 0.1) is 19.8 Å². The Morgan fingerprint density at radius 3 is 2.30 bits per heavy atom. The monoisotopic (exact) mass is 574 g/mol. The van der Waals surface area contributed by atoms with Crippen LogP contribution >= 0.6 is 11.6 Å². The van der Waals surface area contributed by atoms with E-state index in [0.717, 1.165) is 11.4 Å². The second-order valence-electron chi connectivity index (χ2n) is 10.3. The average Bonchev–Trinajstić information content (AvgIpc) is 3.35. The van der Waals surface area contributed by atoms with Crippen LogP contribution in [0.3, 0.4) is 0 Å². The predicted octanol–water partition coefficient (Wildman–Crippen LogP) is 5.10. The van der Waals surface area contributed by atoms with Crippen LogP contribution in [0.4, 0.5) is 13.2 Å². The molecule has 1 aliphatic heterocycles. The van der Waals surface area contributed by atoms with Crippen molar-refractivity contribution >= 4 is 22.5 Å². The number of nitrogens with zero attached hydrogens (tertiary/aromatic N) is 6. The van der Waals surface area contributed by atoms with Gasteiger partial charge in [-0.25, -0.2) is 9.67 Å². The highest BCUT2D eigenvalue weighted by atomic mass is 35.5. The number of aryl methyl sites for hydroxylation is 3. The molecule has 0 saturated carbocycles. The van der Waals surface area contributed by atoms with Crippen molar-refractivity contribution in [2.24, 2.45) is 13.0 Å². The van der Waals surface area contributed by atoms with Gasteiger partial charge in [-0.1, -0.05) is 22.9 Å². The molecule has 0 aliphatic carbocycles. The molecule has 0 unspecified atom stereocenters. The molecule has 0 bridgehead atoms. The average molecular weight is 575 g/mol. The number of methoxy groups -OCH3 is 1. The first-order chi connectivity index (χ1) is 18.9. The molecule has 1 aromatic carbocycles. The minimum Gasteiger partial charge on any atom is -0.481 e. The molecule has 40 heavy (non-hydrogen) atoms. The van der Waals surface area contributed by atoms with Crippen LogP contribution in [0.25, 0.3) is 10.9 Å². The van der Waals surface area contributed by atoms with E-state index < -0.39 is 17.7 Å². The molecule has 1 aliphatic rings. The molecule has 4 aromatic rings. The van der Waals surface area contributed by atoms with Gasteiger partial charge in [0.25, 0.3) is 0 Å². The van der Waals surface area contributed by atoms with E-state index in [2.05, 4.69) is 20.3 Å². The molecule has 3 aromatic heterocycles. The van der Waals surface area contributed by atoms with Crippen molar-refractivity contribution in [2.45, 2.75) is 45.0 Å². The Balaban J connectivity index is 1.60. The fourth-order valence-corrected chi connectivity index (χ4v) is 5.83. The number of aromatic nitrogens is 5. The standard InChI is InChI=1S/C28H30ClF3N6O2/c1-16-11-20(12-17(2)34-16)27(39,24-14-33-36-37(24)3)19-5-6-23-21(13-19)25(29)22(26(35-23)40-4)15-38-9-7-18(8-10-38)28(30,31)32/h5-6,11-14,18,39H,7-10,15H2,1-4H3/t27-/m1/s1. The van der Waals surface area contributed by atoms with E-state index >= 15 is 0 Å². The maximum absolute atomic E-state index is 13.2. The van der Waals surface area contributed by atoms with Gasteiger partial charge in [0, 0.05) is 35.9 Å². The van der Waals surface area contributed by atoms with Crippen LogP contribution < -0.4 is 4.74 Å². The van der Waals surface area contributed by atoms with Crippen molar-refractivity contribution < 1.29 is 23.0 Å². The largest absolute Gasteiger partial charge is 0.481 e. The first-order valence-corrected chi connectivity index (χ1v) is 13.3. The highest BCUT2D eigenvalue weighted by molar-refractivity contribution is 6.36. The van der Waals surface area contributed by atoms with E-state index in [1.165, 1.54) is 18.0 Å². The molecular formula is C28H30ClF3N6O2. The number of rotatable bonds is 6. The zero-order valence-electron chi connectivity index (χ0n) is 22.6. The predicted molar refractivity (Wildman–Crippen MR) is 144 cm³/mol. The van der Waals surface area contributed by atoms with Crippen molar-refractivity contribution in [2.75, 3.05) is 20.2 Å². The lowest BCUT2D eigenvalue weighted by atomic mass is 9.82. The van der Waals surface area contributed by atoms with Gasteiger partial charge in [-0.05, 0) is 75.2 Å². The van der Waals surface area contributed by atoms with Gasteiger partial charge >= 0.3 is 6.18 Å². The summed E-state index contributed by atoms with van der Waals surface area (Å²) >= 11 is 6.97. The minimum atomic E-state index is -4.19. The topological polar surface area (TPSA) is 89.2 Å². The highest BCUT2D eigenvalue weighted by Crippen LogP contribution is 2.41. The summed E-state index contributed by atoms with van der Waals surface area (Å²) < 4.78 is 46.6. The lowest BCUT2D eigenvalue weighted by molar-refractivity contribution is -0.185. The van der Waals surface area contributed by atoms with Gasteiger partial charge in [-0.2, -0.15) is 13.2 Å². The third-order valence-corrected chi connectivity index (χ3v) is 8.04. The Morgan fingerprint density at radius 1 is 1.05 bits per heavy atom. The molecule has 1 saturated heterocycles. The lowest BCUT2D eigenvalue weighted by Crippen LogP contribution is -2.38. The zero-order chi connectivity index (χ0) is 28.8. The van der Waals surface area contributed by atoms with E-state index in [4.69, 9.17) is 16.3 Å². The summed E-state index contributed by atoms with van der Waals surface area (Å²) in [6.07, 6.45) is -2.61. The third-order valence-electron chi connectivity index (χ3n) is 7.61. The van der Waals surface area contributed by atoms with Crippen LogP contribution in [-0.2, 0) is 19.2 Å². The number of fused-ring (bicyclic) bond motifs is 1. The molecule has 12 heteroatoms. The number of halogens is 4. The fourth-order valence-electron chi connectivity index (χ4n) is 5.54. The van der Waals surface area contributed by atoms with E-state index in [1.807, 2.05) is 30.9 Å². The number of likely N-dealkylation sites (tertiary alicyclic amines) is 1. The molecule has 0 radical (unpaired) electrons. The molecular weight excluding hydrogens is 545 g/mol. The Hall–Kier alpha value is -3.28. The van der Waals surface area contributed by atoms with E-state index in [9.17, 15) is 18.3 Å². The summed E-state index contributed by atoms with van der Waals surface area (Å²) in [4.78, 5) is 11.0. The van der Waals surface area contributed by atoms with Crippen molar-refractivity contribution in [3.63, 3.8) is 0 Å². The van der Waals surface area contributed by atoms with Gasteiger partial charge in [0.05, 0.1) is 35.5 Å². The molecule has 4 heterocycles. The zero-order valence-corrected chi connectivity index (χ0v) is 23.4. The van der Waals surface area contributed by atoms with E-state index in [1.54, 1.807) is 25.2 Å². The number of ether oxygens (including phenoxy) is 1. The number of piperidine rings is 1. The van der Waals surface area contributed by atoms with E-state index in [0.29, 0.717) is 50.7 Å². The maximum Gasteiger partial charge on any atom is 0.391 e. The summed E-state index contributed by atoms with van der Waals surface area (Å²) in [6.45, 7) is 4.58. The molecule has 0 spiro atoms. The number of pyridine rings is 2. The van der Waals surface area contributed by atoms with Crippen molar-refractivity contribution in [1.29, 1.82) is 0 Å². The maximum atomic E-state index is 13.2. The van der Waals surface area contributed by atoms with Crippen molar-refractivity contribution in [3.8, 4) is 5.88 Å². The molecule has 1 N–H and O–H groups in total. The third kappa shape index (κ3) is 5.13. The van der Waals surface area contributed by atoms with Crippen molar-refractivity contribution in [1.82, 2.24) is 29.9 Å². The van der Waals surface area contributed by atoms with Gasteiger partial charge in [-0.15, -0.1) is 5.10 Å². The number of hydrogen-bond donors (Lipinski definition) is 1. The van der Waals surface area contributed by atoms with Crippen LogP contribution in [0.2, 0.25) is 5.02 Å². The van der Waals surface area contributed by atoms with Crippen LogP contribution in [0.15, 0.2) is 36.5 Å². The van der Waals surface area contributed by atoms with Gasteiger partial charge in [0.1, 0.15) is 0 Å². The molecule has 1 fully saturated rings. The Bertz CT molecular complexity index is 1530. The van der Waals surface area contributed by atoms with Gasteiger partial charge in [0.2, 0.25) is 5.88 Å². The second kappa shape index (κ2) is 10.6. The SMILES string of the molecule is COc1nc2ccc([C@@](O)(c3cc(C)nc(C)c3)c3cnnn3C)cc2c(Cl)c1CN1CCC(C(F)(F)F)CC1. The molecule has 1 atom stereocenters. The van der Waals surface area contributed by atoms with Crippen molar-refractivity contribution in [3.05, 3.63) is 75.3 Å². The normalized spacial score (nSPS) is 16.8. The van der Waals surface area contributed by atoms with Gasteiger partial charge in [0.15, 0.2) is 5.60 Å². The van der Waals surface area contributed by atoms with Gasteiger partial charge in [-0.3, -0.25) is 9.88 Å². The summed E-state index contributed by atoms with van der Waals surface area (Å²) in [5.41, 5.74) is 2.53. The lowest BCUT2D eigenvalue weighted by Gasteiger charge is -2.33. The molecule has 212 valence electrons. The summed E-state index contributed by atoms with van der Waals surface area (Å²) in [5, 5.41) is 21.4. The second-order valence-corrected chi connectivity index (χ2v) is 10.7. The number of alkyl halides is 3. The van der Waals surface area contributed by atoms with Crippen LogP contribution in [0.5, 0.6) is 5.88 Å². The first-order valence-electron chi connectivity index (χ1n) is 12.9. The molecule has 8 nitrogen and oxygen atoms in total. The Morgan fingerprint density at radius 2 is 1.73 bits per heavy atom.